The summed E-state index contributed by atoms with van der Waals surface area (Å²) in [5.74, 6) is -0.484. The number of para-hydroxylation sites is 1. The van der Waals surface area contributed by atoms with Crippen LogP contribution in [0.2, 0.25) is 0 Å². The summed E-state index contributed by atoms with van der Waals surface area (Å²) in [6, 6.07) is 3.65. The SMILES string of the molecule is COC(=O)CCc1cccc(C(F)(F)F)c1N. The summed E-state index contributed by atoms with van der Waals surface area (Å²) in [6.45, 7) is 0. The first kappa shape index (κ1) is 13.3. The number of ether oxygens (including phenoxy) is 1. The average molecular weight is 247 g/mol. The Morgan fingerprint density at radius 3 is 2.59 bits per heavy atom. The van der Waals surface area contributed by atoms with E-state index in [9.17, 15) is 18.0 Å². The summed E-state index contributed by atoms with van der Waals surface area (Å²) in [4.78, 5) is 10.9. The molecule has 0 saturated heterocycles. The van der Waals surface area contributed by atoms with Gasteiger partial charge >= 0.3 is 12.1 Å². The molecule has 0 radical (unpaired) electrons. The maximum atomic E-state index is 12.5. The van der Waals surface area contributed by atoms with E-state index in [0.717, 1.165) is 6.07 Å². The first-order valence-electron chi connectivity index (χ1n) is 4.87. The van der Waals surface area contributed by atoms with Gasteiger partial charge in [0.2, 0.25) is 0 Å². The number of nitrogens with two attached hydrogens (primary N) is 1. The van der Waals surface area contributed by atoms with Gasteiger partial charge in [0.1, 0.15) is 0 Å². The van der Waals surface area contributed by atoms with Crippen LogP contribution in [-0.2, 0) is 22.1 Å². The van der Waals surface area contributed by atoms with Gasteiger partial charge in [-0.2, -0.15) is 13.2 Å². The van der Waals surface area contributed by atoms with Crippen molar-refractivity contribution in [3.63, 3.8) is 0 Å². The normalized spacial score (nSPS) is 11.3. The Hall–Kier alpha value is -1.72. The summed E-state index contributed by atoms with van der Waals surface area (Å²) in [5.41, 5.74) is 4.52. The van der Waals surface area contributed by atoms with Crippen LogP contribution in [0.3, 0.4) is 0 Å². The molecule has 6 heteroatoms. The molecule has 94 valence electrons. The highest BCUT2D eigenvalue weighted by Crippen LogP contribution is 2.35. The third kappa shape index (κ3) is 3.37. The van der Waals surface area contributed by atoms with Gasteiger partial charge in [-0.3, -0.25) is 4.79 Å². The van der Waals surface area contributed by atoms with E-state index in [1.165, 1.54) is 19.2 Å². The van der Waals surface area contributed by atoms with E-state index in [-0.39, 0.29) is 18.5 Å². The summed E-state index contributed by atoms with van der Waals surface area (Å²) in [6.07, 6.45) is -4.35. The van der Waals surface area contributed by atoms with E-state index in [4.69, 9.17) is 5.73 Å². The van der Waals surface area contributed by atoms with Crippen LogP contribution >= 0.6 is 0 Å². The second-order valence-corrected chi connectivity index (χ2v) is 3.45. The number of hydrogen-bond donors (Lipinski definition) is 1. The largest absolute Gasteiger partial charge is 0.469 e. The molecule has 2 N–H and O–H groups in total. The number of rotatable bonds is 3. The monoisotopic (exact) mass is 247 g/mol. The standard InChI is InChI=1S/C11H12F3NO2/c1-17-9(16)6-5-7-3-2-4-8(10(7)15)11(12,13)14/h2-4H,5-6,15H2,1H3. The van der Waals surface area contributed by atoms with Crippen molar-refractivity contribution in [2.75, 3.05) is 12.8 Å². The highest BCUT2D eigenvalue weighted by molar-refractivity contribution is 5.70. The molecule has 0 saturated carbocycles. The van der Waals surface area contributed by atoms with Gasteiger partial charge in [-0.25, -0.2) is 0 Å². The Kier molecular flexibility index (Phi) is 3.98. The van der Waals surface area contributed by atoms with Crippen LogP contribution in [-0.4, -0.2) is 13.1 Å². The Balaban J connectivity index is 2.91. The molecule has 0 atom stereocenters. The number of alkyl halides is 3. The van der Waals surface area contributed by atoms with Crippen LogP contribution in [0, 0.1) is 0 Å². The number of carbonyl (C=O) groups is 1. The second-order valence-electron chi connectivity index (χ2n) is 3.45. The van der Waals surface area contributed by atoms with Crippen molar-refractivity contribution >= 4 is 11.7 Å². The third-order valence-electron chi connectivity index (χ3n) is 2.33. The predicted octanol–water partition coefficient (Wildman–Crippen LogP) is 2.39. The van der Waals surface area contributed by atoms with Gasteiger partial charge in [0.05, 0.1) is 12.7 Å². The van der Waals surface area contributed by atoms with Crippen LogP contribution < -0.4 is 5.73 Å². The lowest BCUT2D eigenvalue weighted by atomic mass is 10.0. The molecular weight excluding hydrogens is 235 g/mol. The van der Waals surface area contributed by atoms with Crippen molar-refractivity contribution in [3.05, 3.63) is 29.3 Å². The van der Waals surface area contributed by atoms with Gasteiger partial charge in [0.25, 0.3) is 0 Å². The predicted molar refractivity (Wildman–Crippen MR) is 56.2 cm³/mol. The number of aryl methyl sites for hydroxylation is 1. The number of methoxy groups -OCH3 is 1. The van der Waals surface area contributed by atoms with Crippen molar-refractivity contribution < 1.29 is 22.7 Å². The lowest BCUT2D eigenvalue weighted by molar-refractivity contribution is -0.140. The highest BCUT2D eigenvalue weighted by atomic mass is 19.4. The number of esters is 1. The molecule has 0 aliphatic rings. The van der Waals surface area contributed by atoms with E-state index < -0.39 is 17.7 Å². The van der Waals surface area contributed by atoms with E-state index in [0.29, 0.717) is 5.56 Å². The van der Waals surface area contributed by atoms with Gasteiger partial charge in [-0.05, 0) is 18.1 Å². The molecule has 0 heterocycles. The Bertz CT molecular complexity index is 416. The molecule has 1 aromatic rings. The summed E-state index contributed by atoms with van der Waals surface area (Å²) in [5, 5.41) is 0. The quantitative estimate of drug-likeness (QED) is 0.659. The maximum Gasteiger partial charge on any atom is 0.418 e. The fourth-order valence-electron chi connectivity index (χ4n) is 1.42. The third-order valence-corrected chi connectivity index (χ3v) is 2.33. The van der Waals surface area contributed by atoms with Crippen LogP contribution in [0.4, 0.5) is 18.9 Å². The molecule has 1 aromatic carbocycles. The maximum absolute atomic E-state index is 12.5. The van der Waals surface area contributed by atoms with Crippen molar-refractivity contribution in [2.45, 2.75) is 19.0 Å². The fourth-order valence-corrected chi connectivity index (χ4v) is 1.42. The topological polar surface area (TPSA) is 52.3 Å². The summed E-state index contributed by atoms with van der Waals surface area (Å²) >= 11 is 0. The smallest absolute Gasteiger partial charge is 0.418 e. The first-order chi connectivity index (χ1) is 7.86. The lowest BCUT2D eigenvalue weighted by Gasteiger charge is -2.13. The Morgan fingerprint density at radius 1 is 1.41 bits per heavy atom. The Labute approximate surface area is 96.4 Å². The molecule has 0 aliphatic carbocycles. The zero-order valence-electron chi connectivity index (χ0n) is 9.17. The van der Waals surface area contributed by atoms with Crippen LogP contribution in [0.5, 0.6) is 0 Å². The van der Waals surface area contributed by atoms with Gasteiger partial charge in [0, 0.05) is 12.1 Å². The zero-order chi connectivity index (χ0) is 13.1. The van der Waals surface area contributed by atoms with Crippen molar-refractivity contribution in [2.24, 2.45) is 0 Å². The molecule has 0 amide bonds. The minimum Gasteiger partial charge on any atom is -0.469 e. The van der Waals surface area contributed by atoms with E-state index >= 15 is 0 Å². The number of anilines is 1. The van der Waals surface area contributed by atoms with Crippen LogP contribution in [0.15, 0.2) is 18.2 Å². The highest BCUT2D eigenvalue weighted by Gasteiger charge is 2.33. The van der Waals surface area contributed by atoms with E-state index in [2.05, 4.69) is 4.74 Å². The molecule has 0 aliphatic heterocycles. The van der Waals surface area contributed by atoms with E-state index in [1.54, 1.807) is 0 Å². The van der Waals surface area contributed by atoms with Gasteiger partial charge in [-0.15, -0.1) is 0 Å². The molecule has 1 rings (SSSR count). The zero-order valence-corrected chi connectivity index (χ0v) is 9.17. The van der Waals surface area contributed by atoms with Crippen molar-refractivity contribution in [1.82, 2.24) is 0 Å². The molecule has 0 spiro atoms. The second kappa shape index (κ2) is 5.07. The summed E-state index contributed by atoms with van der Waals surface area (Å²) in [7, 11) is 1.22. The van der Waals surface area contributed by atoms with Crippen molar-refractivity contribution in [1.29, 1.82) is 0 Å². The number of hydrogen-bond acceptors (Lipinski definition) is 3. The van der Waals surface area contributed by atoms with Gasteiger partial charge in [-0.1, -0.05) is 12.1 Å². The molecule has 17 heavy (non-hydrogen) atoms. The minimum absolute atomic E-state index is 0.00199. The number of halogens is 3. The summed E-state index contributed by atoms with van der Waals surface area (Å²) < 4.78 is 42.0. The number of nitrogen functional groups attached to an aromatic ring is 1. The lowest BCUT2D eigenvalue weighted by Crippen LogP contribution is -2.11. The minimum atomic E-state index is -4.48. The first-order valence-corrected chi connectivity index (χ1v) is 4.87. The fraction of sp³-hybridized carbons (Fsp3) is 0.364. The van der Waals surface area contributed by atoms with E-state index in [1.807, 2.05) is 0 Å². The van der Waals surface area contributed by atoms with Gasteiger partial charge < -0.3 is 10.5 Å². The molecule has 0 aromatic heterocycles. The van der Waals surface area contributed by atoms with Gasteiger partial charge in [0.15, 0.2) is 0 Å². The number of benzene rings is 1. The molecule has 3 nitrogen and oxygen atoms in total. The molecular formula is C11H12F3NO2. The number of carbonyl (C=O) groups excluding carboxylic acids is 1. The van der Waals surface area contributed by atoms with Crippen molar-refractivity contribution in [3.8, 4) is 0 Å². The Morgan fingerprint density at radius 2 is 2.06 bits per heavy atom. The molecule has 0 unspecified atom stereocenters. The molecule has 0 fully saturated rings. The van der Waals surface area contributed by atoms with Crippen LogP contribution in [0.1, 0.15) is 17.5 Å². The average Bonchev–Trinajstić information content (AvgIpc) is 2.25. The van der Waals surface area contributed by atoms with Crippen LogP contribution in [0.25, 0.3) is 0 Å². The molecule has 0 bridgehead atoms.